The number of hydrogen-bond donors (Lipinski definition) is 1. The van der Waals surface area contributed by atoms with Gasteiger partial charge in [-0.05, 0) is 31.5 Å². The summed E-state index contributed by atoms with van der Waals surface area (Å²) in [5, 5.41) is 2.94. The first-order chi connectivity index (χ1) is 12.4. The van der Waals surface area contributed by atoms with Gasteiger partial charge < -0.3 is 10.2 Å². The van der Waals surface area contributed by atoms with E-state index < -0.39 is 0 Å². The highest BCUT2D eigenvalue weighted by atomic mass is 16.2. The maximum absolute atomic E-state index is 12.3. The van der Waals surface area contributed by atoms with Crippen molar-refractivity contribution in [3.8, 4) is 0 Å². The summed E-state index contributed by atoms with van der Waals surface area (Å²) in [6, 6.07) is 16.5. The number of benzene rings is 2. The van der Waals surface area contributed by atoms with Crippen LogP contribution in [0.2, 0.25) is 0 Å². The third-order valence-corrected chi connectivity index (χ3v) is 4.18. The third-order valence-electron chi connectivity index (χ3n) is 4.18. The third kappa shape index (κ3) is 5.28. The van der Waals surface area contributed by atoms with E-state index in [4.69, 9.17) is 0 Å². The highest BCUT2D eigenvalue weighted by Crippen LogP contribution is 2.18. The molecule has 1 atom stereocenters. The number of nitrogens with one attached hydrogen (secondary N) is 1. The maximum atomic E-state index is 12.3. The van der Waals surface area contributed by atoms with Gasteiger partial charge in [-0.2, -0.15) is 0 Å². The molecule has 5 heteroatoms. The quantitative estimate of drug-likeness (QED) is 0.776. The van der Waals surface area contributed by atoms with Crippen LogP contribution < -0.4 is 10.2 Å². The molecule has 26 heavy (non-hydrogen) atoms. The minimum atomic E-state index is -0.172. The van der Waals surface area contributed by atoms with Gasteiger partial charge in [-0.3, -0.25) is 14.4 Å². The molecule has 1 N–H and O–H groups in total. The Hall–Kier alpha value is -2.95. The van der Waals surface area contributed by atoms with Gasteiger partial charge >= 0.3 is 0 Å². The summed E-state index contributed by atoms with van der Waals surface area (Å²) >= 11 is 0. The van der Waals surface area contributed by atoms with E-state index in [1.165, 1.54) is 18.7 Å². The van der Waals surface area contributed by atoms with Gasteiger partial charge in [0.15, 0.2) is 5.78 Å². The second kappa shape index (κ2) is 8.94. The average molecular weight is 352 g/mol. The zero-order valence-electron chi connectivity index (χ0n) is 15.4. The van der Waals surface area contributed by atoms with E-state index in [0.29, 0.717) is 11.3 Å². The standard InChI is InChI=1S/C21H24N2O3/c1-15(18-8-5-4-6-9-18)22-21(26)12-13-23(17(3)25)20-11-7-10-19(14-20)16(2)24/h4-11,14-15H,12-13H2,1-3H3,(H,22,26). The van der Waals surface area contributed by atoms with Crippen molar-refractivity contribution in [2.75, 3.05) is 11.4 Å². The van der Waals surface area contributed by atoms with E-state index in [-0.39, 0.29) is 36.6 Å². The van der Waals surface area contributed by atoms with Crippen LogP contribution in [0, 0.1) is 0 Å². The zero-order chi connectivity index (χ0) is 19.1. The Morgan fingerprint density at radius 1 is 1.00 bits per heavy atom. The molecule has 0 spiro atoms. The molecule has 0 saturated carbocycles. The number of anilines is 1. The predicted molar refractivity (Wildman–Crippen MR) is 102 cm³/mol. The molecular formula is C21H24N2O3. The van der Waals surface area contributed by atoms with E-state index in [0.717, 1.165) is 5.56 Å². The summed E-state index contributed by atoms with van der Waals surface area (Å²) in [5.74, 6) is -0.366. The second-order valence-electron chi connectivity index (χ2n) is 6.23. The molecule has 0 heterocycles. The SMILES string of the molecule is CC(=O)c1cccc(N(CCC(=O)NC(C)c2ccccc2)C(C)=O)c1. The molecule has 0 aromatic heterocycles. The second-order valence-corrected chi connectivity index (χ2v) is 6.23. The van der Waals surface area contributed by atoms with Crippen molar-refractivity contribution < 1.29 is 14.4 Å². The average Bonchev–Trinajstić information content (AvgIpc) is 2.62. The Kier molecular flexibility index (Phi) is 6.67. The molecular weight excluding hydrogens is 328 g/mol. The first-order valence-electron chi connectivity index (χ1n) is 8.62. The van der Waals surface area contributed by atoms with Crippen molar-refractivity contribution in [1.29, 1.82) is 0 Å². The highest BCUT2D eigenvalue weighted by Gasteiger charge is 2.16. The van der Waals surface area contributed by atoms with Gasteiger partial charge in [-0.15, -0.1) is 0 Å². The summed E-state index contributed by atoms with van der Waals surface area (Å²) in [7, 11) is 0. The molecule has 2 aromatic carbocycles. The normalized spacial score (nSPS) is 11.5. The highest BCUT2D eigenvalue weighted by molar-refractivity contribution is 5.97. The number of Topliss-reactive ketones (excluding diaryl/α,β-unsaturated/α-hetero) is 1. The fraction of sp³-hybridized carbons (Fsp3) is 0.286. The lowest BCUT2D eigenvalue weighted by molar-refractivity contribution is -0.121. The Bertz CT molecular complexity index is 787. The molecule has 136 valence electrons. The first kappa shape index (κ1) is 19.4. The topological polar surface area (TPSA) is 66.5 Å². The van der Waals surface area contributed by atoms with E-state index >= 15 is 0 Å². The lowest BCUT2D eigenvalue weighted by Crippen LogP contribution is -2.34. The van der Waals surface area contributed by atoms with Gasteiger partial charge in [0.1, 0.15) is 0 Å². The summed E-state index contributed by atoms with van der Waals surface area (Å²) in [6.07, 6.45) is 0.182. The van der Waals surface area contributed by atoms with Gasteiger partial charge in [-0.1, -0.05) is 42.5 Å². The lowest BCUT2D eigenvalue weighted by Gasteiger charge is -2.22. The number of amides is 2. The van der Waals surface area contributed by atoms with Crippen LogP contribution >= 0.6 is 0 Å². The summed E-state index contributed by atoms with van der Waals surface area (Å²) in [4.78, 5) is 37.3. The van der Waals surface area contributed by atoms with Crippen LogP contribution in [-0.2, 0) is 9.59 Å². The zero-order valence-corrected chi connectivity index (χ0v) is 15.4. The van der Waals surface area contributed by atoms with Crippen molar-refractivity contribution >= 4 is 23.3 Å². The van der Waals surface area contributed by atoms with Crippen molar-refractivity contribution in [3.05, 3.63) is 65.7 Å². The van der Waals surface area contributed by atoms with E-state index in [2.05, 4.69) is 5.32 Å². The van der Waals surface area contributed by atoms with Gasteiger partial charge in [0.05, 0.1) is 6.04 Å². The van der Waals surface area contributed by atoms with Gasteiger partial charge in [0, 0.05) is 31.1 Å². The van der Waals surface area contributed by atoms with Crippen molar-refractivity contribution in [3.63, 3.8) is 0 Å². The van der Waals surface area contributed by atoms with Crippen LogP contribution in [0.4, 0.5) is 5.69 Å². The lowest BCUT2D eigenvalue weighted by atomic mass is 10.1. The molecule has 0 aliphatic carbocycles. The number of hydrogen-bond acceptors (Lipinski definition) is 3. The Morgan fingerprint density at radius 3 is 2.31 bits per heavy atom. The number of rotatable bonds is 7. The van der Waals surface area contributed by atoms with Gasteiger partial charge in [0.2, 0.25) is 11.8 Å². The predicted octanol–water partition coefficient (Wildman–Crippen LogP) is 3.51. The summed E-state index contributed by atoms with van der Waals surface area (Å²) < 4.78 is 0. The summed E-state index contributed by atoms with van der Waals surface area (Å²) in [6.45, 7) is 5.11. The van der Waals surface area contributed by atoms with Crippen LogP contribution in [0.5, 0.6) is 0 Å². The first-order valence-corrected chi connectivity index (χ1v) is 8.62. The van der Waals surface area contributed by atoms with Crippen LogP contribution in [0.15, 0.2) is 54.6 Å². The minimum Gasteiger partial charge on any atom is -0.350 e. The van der Waals surface area contributed by atoms with Crippen LogP contribution in [-0.4, -0.2) is 24.1 Å². The van der Waals surface area contributed by atoms with E-state index in [1.54, 1.807) is 24.3 Å². The molecule has 0 saturated heterocycles. The van der Waals surface area contributed by atoms with E-state index in [9.17, 15) is 14.4 Å². The molecule has 0 aliphatic heterocycles. The molecule has 2 amide bonds. The molecule has 5 nitrogen and oxygen atoms in total. The van der Waals surface area contributed by atoms with Crippen molar-refractivity contribution in [2.45, 2.75) is 33.2 Å². The molecule has 0 aliphatic rings. The van der Waals surface area contributed by atoms with Crippen molar-refractivity contribution in [2.24, 2.45) is 0 Å². The number of ketones is 1. The smallest absolute Gasteiger partial charge is 0.223 e. The van der Waals surface area contributed by atoms with Crippen LogP contribution in [0.3, 0.4) is 0 Å². The van der Waals surface area contributed by atoms with Crippen molar-refractivity contribution in [1.82, 2.24) is 5.32 Å². The molecule has 0 bridgehead atoms. The number of nitrogens with zero attached hydrogens (tertiary/aromatic N) is 1. The Balaban J connectivity index is 2.00. The number of carbonyl (C=O) groups is 3. The Labute approximate surface area is 154 Å². The van der Waals surface area contributed by atoms with Crippen LogP contribution in [0.1, 0.15) is 49.2 Å². The van der Waals surface area contributed by atoms with E-state index in [1.807, 2.05) is 37.3 Å². The molecule has 1 unspecified atom stereocenters. The monoisotopic (exact) mass is 352 g/mol. The Morgan fingerprint density at radius 2 is 1.69 bits per heavy atom. The van der Waals surface area contributed by atoms with Crippen LogP contribution in [0.25, 0.3) is 0 Å². The largest absolute Gasteiger partial charge is 0.350 e. The molecule has 0 radical (unpaired) electrons. The van der Waals surface area contributed by atoms with Gasteiger partial charge in [0.25, 0.3) is 0 Å². The van der Waals surface area contributed by atoms with Gasteiger partial charge in [-0.25, -0.2) is 0 Å². The molecule has 0 fully saturated rings. The fourth-order valence-electron chi connectivity index (χ4n) is 2.71. The minimum absolute atomic E-state index is 0.0650. The maximum Gasteiger partial charge on any atom is 0.223 e. The summed E-state index contributed by atoms with van der Waals surface area (Å²) in [5.41, 5.74) is 2.18. The number of carbonyl (C=O) groups excluding carboxylic acids is 3. The fourth-order valence-corrected chi connectivity index (χ4v) is 2.71. The molecule has 2 rings (SSSR count). The molecule has 2 aromatic rings.